The molecule has 1 heterocycles. The lowest BCUT2D eigenvalue weighted by molar-refractivity contribution is 0.194. The molecule has 0 radical (unpaired) electrons. The average Bonchev–Trinajstić information content (AvgIpc) is 2.90. The lowest BCUT2D eigenvalue weighted by atomic mass is 10.1. The average molecular weight is 265 g/mol. The van der Waals surface area contributed by atoms with Crippen LogP contribution in [0.1, 0.15) is 5.56 Å². The maximum atomic E-state index is 14.2. The van der Waals surface area contributed by atoms with E-state index in [4.69, 9.17) is 9.84 Å². The SMILES string of the molecule is COc1ccc(-n2cccn2)c(CNC(=O)O)c1F. The summed E-state index contributed by atoms with van der Waals surface area (Å²) in [7, 11) is 1.35. The summed E-state index contributed by atoms with van der Waals surface area (Å²) in [5.74, 6) is -0.553. The molecule has 1 amide bonds. The predicted molar refractivity (Wildman–Crippen MR) is 64.9 cm³/mol. The molecule has 19 heavy (non-hydrogen) atoms. The first-order chi connectivity index (χ1) is 9.13. The maximum Gasteiger partial charge on any atom is 0.404 e. The summed E-state index contributed by atoms with van der Waals surface area (Å²) in [4.78, 5) is 10.5. The van der Waals surface area contributed by atoms with Crippen LogP contribution in [0.25, 0.3) is 5.69 Å². The highest BCUT2D eigenvalue weighted by Gasteiger charge is 2.16. The van der Waals surface area contributed by atoms with Gasteiger partial charge in [0.2, 0.25) is 0 Å². The van der Waals surface area contributed by atoms with E-state index in [-0.39, 0.29) is 17.9 Å². The zero-order valence-corrected chi connectivity index (χ0v) is 10.1. The number of carboxylic acid groups (broad SMARTS) is 1. The molecule has 0 aliphatic rings. The van der Waals surface area contributed by atoms with Crippen LogP contribution < -0.4 is 10.1 Å². The number of halogens is 1. The van der Waals surface area contributed by atoms with Gasteiger partial charge in [0.05, 0.1) is 19.3 Å². The molecule has 0 spiro atoms. The lowest BCUT2D eigenvalue weighted by Crippen LogP contribution is -2.22. The van der Waals surface area contributed by atoms with E-state index in [1.54, 1.807) is 24.5 Å². The smallest absolute Gasteiger partial charge is 0.404 e. The third kappa shape index (κ3) is 2.65. The summed E-state index contributed by atoms with van der Waals surface area (Å²) in [6.07, 6.45) is 1.97. The van der Waals surface area contributed by atoms with Crippen LogP contribution in [0.3, 0.4) is 0 Å². The number of amides is 1. The van der Waals surface area contributed by atoms with Crippen LogP contribution in [0.15, 0.2) is 30.6 Å². The molecule has 0 bridgehead atoms. The third-order valence-electron chi connectivity index (χ3n) is 2.57. The molecule has 0 aliphatic carbocycles. The van der Waals surface area contributed by atoms with Crippen LogP contribution in [0.4, 0.5) is 9.18 Å². The van der Waals surface area contributed by atoms with E-state index in [0.717, 1.165) is 0 Å². The molecule has 2 rings (SSSR count). The van der Waals surface area contributed by atoms with E-state index in [1.165, 1.54) is 17.9 Å². The normalized spacial score (nSPS) is 10.2. The predicted octanol–water partition coefficient (Wildman–Crippen LogP) is 1.79. The Kier molecular flexibility index (Phi) is 3.65. The molecule has 1 aromatic heterocycles. The third-order valence-corrected chi connectivity index (χ3v) is 2.57. The second kappa shape index (κ2) is 5.38. The maximum absolute atomic E-state index is 14.2. The van der Waals surface area contributed by atoms with Gasteiger partial charge < -0.3 is 15.2 Å². The van der Waals surface area contributed by atoms with Crippen molar-refractivity contribution in [2.45, 2.75) is 6.54 Å². The summed E-state index contributed by atoms with van der Waals surface area (Å²) in [5.41, 5.74) is 0.627. The number of benzene rings is 1. The van der Waals surface area contributed by atoms with Crippen molar-refractivity contribution in [3.05, 3.63) is 42.0 Å². The van der Waals surface area contributed by atoms with Crippen LogP contribution in [0.2, 0.25) is 0 Å². The zero-order valence-electron chi connectivity index (χ0n) is 10.1. The van der Waals surface area contributed by atoms with Crippen LogP contribution in [-0.4, -0.2) is 28.1 Å². The van der Waals surface area contributed by atoms with Gasteiger partial charge in [0.25, 0.3) is 0 Å². The number of carbonyl (C=O) groups is 1. The summed E-state index contributed by atoms with van der Waals surface area (Å²) in [6.45, 7) is -0.173. The number of rotatable bonds is 4. The Morgan fingerprint density at radius 3 is 2.95 bits per heavy atom. The molecule has 0 unspecified atom stereocenters. The molecular weight excluding hydrogens is 253 g/mol. The molecule has 6 nitrogen and oxygen atoms in total. The van der Waals surface area contributed by atoms with E-state index in [9.17, 15) is 9.18 Å². The number of aromatic nitrogens is 2. The monoisotopic (exact) mass is 265 g/mol. The van der Waals surface area contributed by atoms with E-state index < -0.39 is 11.9 Å². The summed E-state index contributed by atoms with van der Waals surface area (Å²) in [5, 5.41) is 14.8. The first-order valence-electron chi connectivity index (χ1n) is 5.45. The Balaban J connectivity index is 2.47. The van der Waals surface area contributed by atoms with Gasteiger partial charge in [-0.2, -0.15) is 5.10 Å². The summed E-state index contributed by atoms with van der Waals surface area (Å²) in [6, 6.07) is 4.78. The second-order valence-corrected chi connectivity index (χ2v) is 3.69. The molecule has 2 N–H and O–H groups in total. The first-order valence-corrected chi connectivity index (χ1v) is 5.45. The summed E-state index contributed by atoms with van der Waals surface area (Å²) >= 11 is 0. The van der Waals surface area contributed by atoms with Gasteiger partial charge in [0, 0.05) is 18.0 Å². The Morgan fingerprint density at radius 1 is 1.58 bits per heavy atom. The van der Waals surface area contributed by atoms with Crippen molar-refractivity contribution in [1.82, 2.24) is 15.1 Å². The van der Waals surface area contributed by atoms with Crippen LogP contribution in [0, 0.1) is 5.82 Å². The Labute approximate surface area is 108 Å². The standard InChI is InChI=1S/C12H12FN3O3/c1-19-10-4-3-9(16-6-2-5-15-16)8(11(10)13)7-14-12(17)18/h2-6,14H,7H2,1H3,(H,17,18). The van der Waals surface area contributed by atoms with Gasteiger partial charge in [0.15, 0.2) is 11.6 Å². The number of methoxy groups -OCH3 is 1. The number of nitrogens with one attached hydrogen (secondary N) is 1. The number of nitrogens with zero attached hydrogens (tertiary/aromatic N) is 2. The quantitative estimate of drug-likeness (QED) is 0.883. The van der Waals surface area contributed by atoms with Crippen molar-refractivity contribution >= 4 is 6.09 Å². The van der Waals surface area contributed by atoms with Crippen molar-refractivity contribution in [2.24, 2.45) is 0 Å². The first kappa shape index (κ1) is 12.9. The van der Waals surface area contributed by atoms with E-state index in [0.29, 0.717) is 5.69 Å². The molecular formula is C12H12FN3O3. The van der Waals surface area contributed by atoms with E-state index >= 15 is 0 Å². The van der Waals surface area contributed by atoms with Gasteiger partial charge in [-0.15, -0.1) is 0 Å². The molecule has 7 heteroatoms. The van der Waals surface area contributed by atoms with Crippen molar-refractivity contribution in [1.29, 1.82) is 0 Å². The van der Waals surface area contributed by atoms with Gasteiger partial charge in [-0.25, -0.2) is 13.9 Å². The van der Waals surface area contributed by atoms with Crippen LogP contribution in [0.5, 0.6) is 5.75 Å². The highest BCUT2D eigenvalue weighted by molar-refractivity contribution is 5.65. The van der Waals surface area contributed by atoms with Gasteiger partial charge in [-0.3, -0.25) is 0 Å². The van der Waals surface area contributed by atoms with Gasteiger partial charge in [-0.1, -0.05) is 0 Å². The molecule has 2 aromatic rings. The van der Waals surface area contributed by atoms with Crippen molar-refractivity contribution in [2.75, 3.05) is 7.11 Å². The zero-order chi connectivity index (χ0) is 13.8. The Bertz CT molecular complexity index is 584. The molecule has 0 saturated carbocycles. The molecule has 0 aliphatic heterocycles. The van der Waals surface area contributed by atoms with Gasteiger partial charge >= 0.3 is 6.09 Å². The molecule has 0 fully saturated rings. The van der Waals surface area contributed by atoms with Gasteiger partial charge in [-0.05, 0) is 18.2 Å². The van der Waals surface area contributed by atoms with Crippen LogP contribution >= 0.6 is 0 Å². The molecule has 0 atom stereocenters. The number of ether oxygens (including phenoxy) is 1. The van der Waals surface area contributed by atoms with Crippen LogP contribution in [-0.2, 0) is 6.54 Å². The highest BCUT2D eigenvalue weighted by atomic mass is 19.1. The molecule has 0 saturated heterocycles. The largest absolute Gasteiger partial charge is 0.494 e. The highest BCUT2D eigenvalue weighted by Crippen LogP contribution is 2.25. The molecule has 1 aromatic carbocycles. The lowest BCUT2D eigenvalue weighted by Gasteiger charge is -2.13. The fourth-order valence-corrected chi connectivity index (χ4v) is 1.71. The fraction of sp³-hybridized carbons (Fsp3) is 0.167. The fourth-order valence-electron chi connectivity index (χ4n) is 1.71. The van der Waals surface area contributed by atoms with E-state index in [1.807, 2.05) is 0 Å². The number of hydrogen-bond donors (Lipinski definition) is 2. The minimum absolute atomic E-state index is 0.0538. The van der Waals surface area contributed by atoms with Crippen molar-refractivity contribution in [3.63, 3.8) is 0 Å². The minimum atomic E-state index is -1.23. The van der Waals surface area contributed by atoms with E-state index in [2.05, 4.69) is 10.4 Å². The Morgan fingerprint density at radius 2 is 2.37 bits per heavy atom. The topological polar surface area (TPSA) is 76.4 Å². The van der Waals surface area contributed by atoms with Gasteiger partial charge in [0.1, 0.15) is 0 Å². The minimum Gasteiger partial charge on any atom is -0.494 e. The van der Waals surface area contributed by atoms with Crippen molar-refractivity contribution in [3.8, 4) is 11.4 Å². The number of hydrogen-bond acceptors (Lipinski definition) is 3. The molecule has 100 valence electrons. The van der Waals surface area contributed by atoms with Crippen molar-refractivity contribution < 1.29 is 19.0 Å². The second-order valence-electron chi connectivity index (χ2n) is 3.69. The summed E-state index contributed by atoms with van der Waals surface area (Å²) < 4.78 is 20.5. The Hall–Kier alpha value is -2.57.